The minimum absolute atomic E-state index is 0.402. The van der Waals surface area contributed by atoms with Crippen LogP contribution in [0.1, 0.15) is 52.1 Å². The lowest BCUT2D eigenvalue weighted by Gasteiger charge is -2.27. The Labute approximate surface area is 106 Å². The van der Waals surface area contributed by atoms with Gasteiger partial charge in [-0.3, -0.25) is 4.98 Å². The van der Waals surface area contributed by atoms with Crippen LogP contribution in [0.5, 0.6) is 0 Å². The van der Waals surface area contributed by atoms with Gasteiger partial charge in [0.25, 0.3) is 0 Å². The van der Waals surface area contributed by atoms with Gasteiger partial charge in [0, 0.05) is 23.9 Å². The summed E-state index contributed by atoms with van der Waals surface area (Å²) in [6.45, 7) is 9.15. The van der Waals surface area contributed by atoms with Gasteiger partial charge in [-0.2, -0.15) is 0 Å². The van der Waals surface area contributed by atoms with Crippen molar-refractivity contribution in [3.63, 3.8) is 0 Å². The summed E-state index contributed by atoms with van der Waals surface area (Å²) in [7, 11) is 2.05. The van der Waals surface area contributed by atoms with Crippen molar-refractivity contribution in [1.82, 2.24) is 10.3 Å². The third kappa shape index (κ3) is 4.86. The van der Waals surface area contributed by atoms with Crippen molar-refractivity contribution in [3.05, 3.63) is 30.1 Å². The molecule has 2 unspecified atom stereocenters. The fraction of sp³-hybridized carbons (Fsp3) is 0.667. The minimum Gasteiger partial charge on any atom is -0.316 e. The molecule has 0 saturated carbocycles. The second-order valence-corrected chi connectivity index (χ2v) is 6.04. The van der Waals surface area contributed by atoms with E-state index in [1.165, 1.54) is 18.5 Å². The van der Waals surface area contributed by atoms with E-state index < -0.39 is 0 Å². The standard InChI is InChI=1S/C15H26N2/c1-12(14-8-6-7-11-17-14)13(16-5)9-10-15(2,3)4/h6-8,11-13,16H,9-10H2,1-5H3. The third-order valence-corrected chi connectivity index (χ3v) is 3.33. The Balaban J connectivity index is 2.62. The molecule has 1 aromatic rings. The van der Waals surface area contributed by atoms with E-state index in [1.807, 2.05) is 19.3 Å². The molecule has 0 aromatic carbocycles. The SMILES string of the molecule is CNC(CCC(C)(C)C)C(C)c1ccccn1. The predicted molar refractivity (Wildman–Crippen MR) is 74.2 cm³/mol. The maximum absolute atomic E-state index is 4.45. The fourth-order valence-electron chi connectivity index (χ4n) is 2.08. The van der Waals surface area contributed by atoms with E-state index in [2.05, 4.69) is 50.1 Å². The first-order valence-corrected chi connectivity index (χ1v) is 6.52. The van der Waals surface area contributed by atoms with Crippen molar-refractivity contribution >= 4 is 0 Å². The molecule has 2 atom stereocenters. The van der Waals surface area contributed by atoms with Crippen LogP contribution in [0, 0.1) is 5.41 Å². The molecule has 0 aliphatic carbocycles. The average Bonchev–Trinajstić information content (AvgIpc) is 2.29. The Bertz CT molecular complexity index is 313. The Morgan fingerprint density at radius 1 is 1.29 bits per heavy atom. The lowest BCUT2D eigenvalue weighted by molar-refractivity contribution is 0.320. The number of rotatable bonds is 5. The van der Waals surface area contributed by atoms with E-state index in [0.717, 1.165) is 0 Å². The lowest BCUT2D eigenvalue weighted by Crippen LogP contribution is -2.32. The highest BCUT2D eigenvalue weighted by molar-refractivity contribution is 5.11. The van der Waals surface area contributed by atoms with Crippen molar-refractivity contribution in [3.8, 4) is 0 Å². The molecule has 1 heterocycles. The van der Waals surface area contributed by atoms with Gasteiger partial charge in [0.2, 0.25) is 0 Å². The van der Waals surface area contributed by atoms with Crippen molar-refractivity contribution < 1.29 is 0 Å². The molecule has 0 spiro atoms. The summed E-state index contributed by atoms with van der Waals surface area (Å²) >= 11 is 0. The molecule has 2 nitrogen and oxygen atoms in total. The normalized spacial score (nSPS) is 15.6. The van der Waals surface area contributed by atoms with Crippen molar-refractivity contribution in [1.29, 1.82) is 0 Å². The average molecular weight is 234 g/mol. The maximum Gasteiger partial charge on any atom is 0.0447 e. The van der Waals surface area contributed by atoms with Crippen molar-refractivity contribution in [2.75, 3.05) is 7.05 Å². The van der Waals surface area contributed by atoms with E-state index in [1.54, 1.807) is 0 Å². The third-order valence-electron chi connectivity index (χ3n) is 3.33. The van der Waals surface area contributed by atoms with Crippen LogP contribution in [0.4, 0.5) is 0 Å². The van der Waals surface area contributed by atoms with Crippen molar-refractivity contribution in [2.24, 2.45) is 5.41 Å². The van der Waals surface area contributed by atoms with Crippen LogP contribution in [0.2, 0.25) is 0 Å². The van der Waals surface area contributed by atoms with Gasteiger partial charge in [-0.1, -0.05) is 33.8 Å². The van der Waals surface area contributed by atoms with Crippen LogP contribution in [0.3, 0.4) is 0 Å². The monoisotopic (exact) mass is 234 g/mol. The molecule has 0 aliphatic heterocycles. The number of aromatic nitrogens is 1. The van der Waals surface area contributed by atoms with E-state index in [4.69, 9.17) is 0 Å². The molecule has 17 heavy (non-hydrogen) atoms. The quantitative estimate of drug-likeness (QED) is 0.842. The highest BCUT2D eigenvalue weighted by Gasteiger charge is 2.20. The molecule has 0 amide bonds. The summed E-state index contributed by atoms with van der Waals surface area (Å²) < 4.78 is 0. The number of nitrogens with zero attached hydrogens (tertiary/aromatic N) is 1. The molecular formula is C15H26N2. The smallest absolute Gasteiger partial charge is 0.0447 e. The van der Waals surface area contributed by atoms with E-state index in [0.29, 0.717) is 17.4 Å². The summed E-state index contributed by atoms with van der Waals surface area (Å²) in [6, 6.07) is 6.66. The molecule has 0 saturated heterocycles. The lowest BCUT2D eigenvalue weighted by atomic mass is 9.85. The first-order valence-electron chi connectivity index (χ1n) is 6.52. The molecule has 1 aromatic heterocycles. The van der Waals surface area contributed by atoms with Gasteiger partial charge in [-0.05, 0) is 37.4 Å². The maximum atomic E-state index is 4.45. The van der Waals surface area contributed by atoms with Crippen LogP contribution in [-0.4, -0.2) is 18.1 Å². The summed E-state index contributed by atoms with van der Waals surface area (Å²) in [4.78, 5) is 4.45. The highest BCUT2D eigenvalue weighted by Crippen LogP contribution is 2.26. The van der Waals surface area contributed by atoms with Crippen molar-refractivity contribution in [2.45, 2.75) is 52.5 Å². The van der Waals surface area contributed by atoms with Gasteiger partial charge in [-0.25, -0.2) is 0 Å². The zero-order chi connectivity index (χ0) is 12.9. The summed E-state index contributed by atoms with van der Waals surface area (Å²) in [5.41, 5.74) is 1.58. The van der Waals surface area contributed by atoms with Crippen LogP contribution in [-0.2, 0) is 0 Å². The molecule has 1 rings (SSSR count). The molecule has 1 N–H and O–H groups in total. The summed E-state index contributed by atoms with van der Waals surface area (Å²) in [5.74, 6) is 0.462. The summed E-state index contributed by atoms with van der Waals surface area (Å²) in [6.07, 6.45) is 4.30. The van der Waals surface area contributed by atoms with Crippen LogP contribution < -0.4 is 5.32 Å². The first-order chi connectivity index (χ1) is 7.94. The minimum atomic E-state index is 0.402. The van der Waals surface area contributed by atoms with Gasteiger partial charge < -0.3 is 5.32 Å². The van der Waals surface area contributed by atoms with Gasteiger partial charge in [0.15, 0.2) is 0 Å². The number of hydrogen-bond acceptors (Lipinski definition) is 2. The van der Waals surface area contributed by atoms with Crippen LogP contribution in [0.25, 0.3) is 0 Å². The molecule has 0 bridgehead atoms. The fourth-order valence-corrected chi connectivity index (χ4v) is 2.08. The van der Waals surface area contributed by atoms with Crippen LogP contribution >= 0.6 is 0 Å². The predicted octanol–water partition coefficient (Wildman–Crippen LogP) is 3.60. The van der Waals surface area contributed by atoms with Gasteiger partial charge in [0.1, 0.15) is 0 Å². The Kier molecular flexibility index (Phi) is 5.13. The Morgan fingerprint density at radius 3 is 2.47 bits per heavy atom. The molecule has 0 fully saturated rings. The van der Waals surface area contributed by atoms with Gasteiger partial charge in [0.05, 0.1) is 0 Å². The topological polar surface area (TPSA) is 24.9 Å². The number of hydrogen-bond donors (Lipinski definition) is 1. The van der Waals surface area contributed by atoms with Gasteiger partial charge >= 0.3 is 0 Å². The molecule has 96 valence electrons. The number of pyridine rings is 1. The Hall–Kier alpha value is -0.890. The van der Waals surface area contributed by atoms with Gasteiger partial charge in [-0.15, -0.1) is 0 Å². The zero-order valence-corrected chi connectivity index (χ0v) is 11.8. The summed E-state index contributed by atoms with van der Waals surface area (Å²) in [5, 5.41) is 3.43. The molecule has 0 aliphatic rings. The van der Waals surface area contributed by atoms with Crippen LogP contribution in [0.15, 0.2) is 24.4 Å². The molecular weight excluding hydrogens is 208 g/mol. The second-order valence-electron chi connectivity index (χ2n) is 6.04. The van der Waals surface area contributed by atoms with E-state index in [-0.39, 0.29) is 0 Å². The zero-order valence-electron chi connectivity index (χ0n) is 11.8. The molecule has 0 radical (unpaired) electrons. The van der Waals surface area contributed by atoms with E-state index in [9.17, 15) is 0 Å². The number of likely N-dealkylation sites (N-methyl/N-ethyl adjacent to an activating group) is 1. The first kappa shape index (κ1) is 14.2. The highest BCUT2D eigenvalue weighted by atomic mass is 14.9. The number of nitrogens with one attached hydrogen (secondary N) is 1. The second kappa shape index (κ2) is 6.15. The Morgan fingerprint density at radius 2 is 2.00 bits per heavy atom. The van der Waals surface area contributed by atoms with E-state index >= 15 is 0 Å². The largest absolute Gasteiger partial charge is 0.316 e. The molecule has 2 heteroatoms.